The SMILES string of the molecule is CN(CC1CNCCO1)C(=O)Cc1ccc(F)c(F)c1. The minimum Gasteiger partial charge on any atom is -0.374 e. The number of ether oxygens (including phenoxy) is 1. The van der Waals surface area contributed by atoms with Gasteiger partial charge in [0.2, 0.25) is 5.91 Å². The Labute approximate surface area is 116 Å². The van der Waals surface area contributed by atoms with Gasteiger partial charge < -0.3 is 15.0 Å². The molecule has 0 aromatic heterocycles. The molecule has 0 radical (unpaired) electrons. The third kappa shape index (κ3) is 3.98. The zero-order valence-corrected chi connectivity index (χ0v) is 11.4. The number of amides is 1. The van der Waals surface area contributed by atoms with E-state index in [0.29, 0.717) is 25.3 Å². The highest BCUT2D eigenvalue weighted by molar-refractivity contribution is 5.78. The third-order valence-electron chi connectivity index (χ3n) is 3.25. The van der Waals surface area contributed by atoms with E-state index >= 15 is 0 Å². The average molecular weight is 284 g/mol. The number of nitrogens with zero attached hydrogens (tertiary/aromatic N) is 1. The summed E-state index contributed by atoms with van der Waals surface area (Å²) in [7, 11) is 1.68. The molecule has 0 spiro atoms. The van der Waals surface area contributed by atoms with Gasteiger partial charge in [0.15, 0.2) is 11.6 Å². The Bertz CT molecular complexity index is 476. The van der Waals surface area contributed by atoms with Crippen molar-refractivity contribution in [1.82, 2.24) is 10.2 Å². The summed E-state index contributed by atoms with van der Waals surface area (Å²) in [5.74, 6) is -1.99. The van der Waals surface area contributed by atoms with Crippen LogP contribution in [0.3, 0.4) is 0 Å². The second-order valence-electron chi connectivity index (χ2n) is 4.90. The van der Waals surface area contributed by atoms with Crippen LogP contribution in [0, 0.1) is 11.6 Å². The van der Waals surface area contributed by atoms with Crippen molar-refractivity contribution in [1.29, 1.82) is 0 Å². The number of hydrogen-bond acceptors (Lipinski definition) is 3. The molecule has 20 heavy (non-hydrogen) atoms. The lowest BCUT2D eigenvalue weighted by atomic mass is 10.1. The summed E-state index contributed by atoms with van der Waals surface area (Å²) >= 11 is 0. The Hall–Kier alpha value is -1.53. The lowest BCUT2D eigenvalue weighted by Gasteiger charge is -2.28. The first-order chi connectivity index (χ1) is 9.56. The molecule has 0 saturated carbocycles. The molecule has 6 heteroatoms. The Morgan fingerprint density at radius 2 is 2.25 bits per heavy atom. The summed E-state index contributed by atoms with van der Waals surface area (Å²) in [5, 5.41) is 3.19. The second-order valence-corrected chi connectivity index (χ2v) is 4.90. The molecule has 0 bridgehead atoms. The molecule has 1 aromatic carbocycles. The van der Waals surface area contributed by atoms with Crippen LogP contribution < -0.4 is 5.32 Å². The molecule has 1 unspecified atom stereocenters. The molecule has 1 heterocycles. The zero-order chi connectivity index (χ0) is 14.5. The second kappa shape index (κ2) is 6.76. The van der Waals surface area contributed by atoms with E-state index in [-0.39, 0.29) is 18.4 Å². The van der Waals surface area contributed by atoms with E-state index in [1.807, 2.05) is 0 Å². The van der Waals surface area contributed by atoms with E-state index in [1.165, 1.54) is 6.07 Å². The lowest BCUT2D eigenvalue weighted by Crippen LogP contribution is -2.46. The van der Waals surface area contributed by atoms with Crippen molar-refractivity contribution in [2.24, 2.45) is 0 Å². The Kier molecular flexibility index (Phi) is 5.03. The van der Waals surface area contributed by atoms with Gasteiger partial charge in [-0.3, -0.25) is 4.79 Å². The molecule has 2 rings (SSSR count). The summed E-state index contributed by atoms with van der Waals surface area (Å²) in [6.07, 6.45) is 0.0241. The highest BCUT2D eigenvalue weighted by atomic mass is 19.2. The molecule has 4 nitrogen and oxygen atoms in total. The van der Waals surface area contributed by atoms with Crippen LogP contribution in [-0.2, 0) is 16.0 Å². The first-order valence-corrected chi connectivity index (χ1v) is 6.56. The molecule has 1 N–H and O–H groups in total. The molecule has 1 amide bonds. The summed E-state index contributed by atoms with van der Waals surface area (Å²) < 4.78 is 31.4. The van der Waals surface area contributed by atoms with Gasteiger partial charge in [-0.1, -0.05) is 6.07 Å². The van der Waals surface area contributed by atoms with Crippen LogP contribution in [0.2, 0.25) is 0 Å². The van der Waals surface area contributed by atoms with Gasteiger partial charge in [-0.25, -0.2) is 8.78 Å². The maximum atomic E-state index is 13.1. The quantitative estimate of drug-likeness (QED) is 0.895. The Morgan fingerprint density at radius 3 is 2.90 bits per heavy atom. The number of likely N-dealkylation sites (N-methyl/N-ethyl adjacent to an activating group) is 1. The molecule has 110 valence electrons. The highest BCUT2D eigenvalue weighted by Crippen LogP contribution is 2.10. The fourth-order valence-electron chi connectivity index (χ4n) is 2.10. The van der Waals surface area contributed by atoms with Crippen molar-refractivity contribution in [2.75, 3.05) is 33.3 Å². The van der Waals surface area contributed by atoms with Gasteiger partial charge in [0.1, 0.15) is 0 Å². The van der Waals surface area contributed by atoms with Gasteiger partial charge in [-0.2, -0.15) is 0 Å². The summed E-state index contributed by atoms with van der Waals surface area (Å²) in [6, 6.07) is 3.51. The lowest BCUT2D eigenvalue weighted by molar-refractivity contribution is -0.131. The van der Waals surface area contributed by atoms with Crippen LogP contribution in [0.4, 0.5) is 8.78 Å². The minimum absolute atomic E-state index is 0.0253. The van der Waals surface area contributed by atoms with E-state index in [0.717, 1.165) is 18.7 Å². The smallest absolute Gasteiger partial charge is 0.226 e. The topological polar surface area (TPSA) is 41.6 Å². The van der Waals surface area contributed by atoms with Gasteiger partial charge in [0, 0.05) is 26.7 Å². The first-order valence-electron chi connectivity index (χ1n) is 6.56. The molecule has 1 fully saturated rings. The Balaban J connectivity index is 1.88. The van der Waals surface area contributed by atoms with E-state index < -0.39 is 11.6 Å². The van der Waals surface area contributed by atoms with E-state index in [4.69, 9.17) is 4.74 Å². The van der Waals surface area contributed by atoms with Crippen LogP contribution in [0.5, 0.6) is 0 Å². The number of nitrogens with one attached hydrogen (secondary N) is 1. The van der Waals surface area contributed by atoms with Gasteiger partial charge in [-0.05, 0) is 17.7 Å². The zero-order valence-electron chi connectivity index (χ0n) is 11.4. The van der Waals surface area contributed by atoms with Crippen LogP contribution >= 0.6 is 0 Å². The minimum atomic E-state index is -0.933. The number of carbonyl (C=O) groups is 1. The normalized spacial score (nSPS) is 18.9. The fourth-order valence-corrected chi connectivity index (χ4v) is 2.10. The van der Waals surface area contributed by atoms with Gasteiger partial charge in [0.25, 0.3) is 0 Å². The molecule has 1 aliphatic heterocycles. The largest absolute Gasteiger partial charge is 0.374 e. The van der Waals surface area contributed by atoms with Crippen molar-refractivity contribution >= 4 is 5.91 Å². The van der Waals surface area contributed by atoms with Gasteiger partial charge in [-0.15, -0.1) is 0 Å². The number of morpholine rings is 1. The van der Waals surface area contributed by atoms with Crippen LogP contribution in [-0.4, -0.2) is 50.2 Å². The Morgan fingerprint density at radius 1 is 1.45 bits per heavy atom. The van der Waals surface area contributed by atoms with Crippen molar-refractivity contribution in [3.63, 3.8) is 0 Å². The third-order valence-corrected chi connectivity index (χ3v) is 3.25. The molecule has 1 aromatic rings. The van der Waals surface area contributed by atoms with Gasteiger partial charge in [0.05, 0.1) is 19.1 Å². The molecular weight excluding hydrogens is 266 g/mol. The number of hydrogen-bond donors (Lipinski definition) is 1. The van der Waals surface area contributed by atoms with E-state index in [2.05, 4.69) is 5.32 Å². The van der Waals surface area contributed by atoms with Crippen molar-refractivity contribution in [3.8, 4) is 0 Å². The van der Waals surface area contributed by atoms with E-state index in [9.17, 15) is 13.6 Å². The maximum Gasteiger partial charge on any atom is 0.226 e. The predicted octanol–water partition coefficient (Wildman–Crippen LogP) is 0.954. The van der Waals surface area contributed by atoms with Crippen molar-refractivity contribution in [2.45, 2.75) is 12.5 Å². The first kappa shape index (κ1) is 14.9. The van der Waals surface area contributed by atoms with Gasteiger partial charge >= 0.3 is 0 Å². The number of carbonyl (C=O) groups excluding carboxylic acids is 1. The van der Waals surface area contributed by atoms with Crippen molar-refractivity contribution < 1.29 is 18.3 Å². The van der Waals surface area contributed by atoms with Crippen LogP contribution in [0.25, 0.3) is 0 Å². The fraction of sp³-hybridized carbons (Fsp3) is 0.500. The number of halogens is 2. The maximum absolute atomic E-state index is 13.1. The summed E-state index contributed by atoms with van der Waals surface area (Å²) in [4.78, 5) is 13.6. The highest BCUT2D eigenvalue weighted by Gasteiger charge is 2.19. The molecular formula is C14H18F2N2O2. The summed E-state index contributed by atoms with van der Waals surface area (Å²) in [5.41, 5.74) is 0.462. The molecule has 1 saturated heterocycles. The van der Waals surface area contributed by atoms with Crippen LogP contribution in [0.15, 0.2) is 18.2 Å². The van der Waals surface area contributed by atoms with E-state index in [1.54, 1.807) is 11.9 Å². The molecule has 1 aliphatic rings. The average Bonchev–Trinajstić information content (AvgIpc) is 2.44. The van der Waals surface area contributed by atoms with Crippen LogP contribution in [0.1, 0.15) is 5.56 Å². The predicted molar refractivity (Wildman–Crippen MR) is 70.3 cm³/mol. The monoisotopic (exact) mass is 284 g/mol. The number of benzene rings is 1. The summed E-state index contributed by atoms with van der Waals surface area (Å²) in [6.45, 7) is 2.65. The van der Waals surface area contributed by atoms with Crippen molar-refractivity contribution in [3.05, 3.63) is 35.4 Å². The standard InChI is InChI=1S/C14H18F2N2O2/c1-18(9-11-8-17-4-5-20-11)14(19)7-10-2-3-12(15)13(16)6-10/h2-3,6,11,17H,4-5,7-9H2,1H3. The molecule has 1 atom stereocenters. The number of rotatable bonds is 4. The molecule has 0 aliphatic carbocycles.